The smallest absolute Gasteiger partial charge is 0.481 e. The van der Waals surface area contributed by atoms with E-state index in [9.17, 15) is 18.0 Å². The van der Waals surface area contributed by atoms with Gasteiger partial charge in [-0.2, -0.15) is 9.97 Å². The number of ether oxygens (including phenoxy) is 1. The lowest BCUT2D eigenvalue weighted by atomic mass is 10.1. The SMILES string of the molecule is C[C@H]1CCN1c1cc(N2CC3C(CC(=O)O)C3C2)nc(OC(F)(F)F)n1. The molecule has 3 atom stereocenters. The Kier molecular flexibility index (Phi) is 3.89. The normalized spacial score (nSPS) is 30.0. The molecule has 1 aromatic rings. The van der Waals surface area contributed by atoms with Crippen molar-refractivity contribution in [3.05, 3.63) is 6.07 Å². The molecule has 10 heteroatoms. The van der Waals surface area contributed by atoms with E-state index >= 15 is 0 Å². The van der Waals surface area contributed by atoms with Crippen LogP contribution in [0.15, 0.2) is 6.07 Å². The molecule has 1 N–H and O–H groups in total. The summed E-state index contributed by atoms with van der Waals surface area (Å²) in [5.74, 6) is 0.698. The lowest BCUT2D eigenvalue weighted by molar-refractivity contribution is -0.277. The fourth-order valence-electron chi connectivity index (χ4n) is 4.06. The molecule has 26 heavy (non-hydrogen) atoms. The standard InChI is InChI=1S/C16H19F3N4O3/c1-8-2-3-23(8)13-5-12(20-15(21-13)26-16(17,18)19)22-6-10-9(4-14(24)25)11(10)7-22/h5,8-11H,2-4,6-7H2,1H3,(H,24,25)/t8-,9?,10?,11?/m0/s1. The predicted octanol–water partition coefficient (Wildman–Crippen LogP) is 2.13. The van der Waals surface area contributed by atoms with Gasteiger partial charge in [-0.15, -0.1) is 13.2 Å². The fourth-order valence-corrected chi connectivity index (χ4v) is 4.06. The van der Waals surface area contributed by atoms with E-state index < -0.39 is 18.3 Å². The summed E-state index contributed by atoms with van der Waals surface area (Å²) in [5.41, 5.74) is 0. The number of fused-ring (bicyclic) bond motifs is 1. The molecular weight excluding hydrogens is 353 g/mol. The molecule has 3 aliphatic rings. The Bertz CT molecular complexity index is 717. The maximum absolute atomic E-state index is 12.6. The average Bonchev–Trinajstić information content (AvgIpc) is 2.94. The third kappa shape index (κ3) is 3.24. The Balaban J connectivity index is 1.53. The highest BCUT2D eigenvalue weighted by atomic mass is 19.4. The van der Waals surface area contributed by atoms with Gasteiger partial charge in [-0.3, -0.25) is 4.79 Å². The summed E-state index contributed by atoms with van der Waals surface area (Å²) >= 11 is 0. The number of aromatic nitrogens is 2. The largest absolute Gasteiger partial charge is 0.575 e. The second-order valence-corrected chi connectivity index (χ2v) is 7.24. The number of anilines is 2. The van der Waals surface area contributed by atoms with Crippen LogP contribution in [0.3, 0.4) is 0 Å². The first-order valence-corrected chi connectivity index (χ1v) is 8.59. The van der Waals surface area contributed by atoms with Gasteiger partial charge in [0.1, 0.15) is 11.6 Å². The van der Waals surface area contributed by atoms with Crippen molar-refractivity contribution in [1.82, 2.24) is 9.97 Å². The zero-order valence-corrected chi connectivity index (χ0v) is 14.1. The number of rotatable bonds is 5. The van der Waals surface area contributed by atoms with Crippen molar-refractivity contribution in [2.45, 2.75) is 32.2 Å². The molecule has 0 amide bonds. The monoisotopic (exact) mass is 372 g/mol. The first-order chi connectivity index (χ1) is 12.2. The zero-order chi connectivity index (χ0) is 18.6. The van der Waals surface area contributed by atoms with Gasteiger partial charge in [0, 0.05) is 38.2 Å². The van der Waals surface area contributed by atoms with E-state index in [2.05, 4.69) is 14.7 Å². The van der Waals surface area contributed by atoms with Crippen LogP contribution in [0.5, 0.6) is 6.01 Å². The number of carbonyl (C=O) groups is 1. The number of alkyl halides is 3. The maximum atomic E-state index is 12.6. The van der Waals surface area contributed by atoms with E-state index in [4.69, 9.17) is 5.11 Å². The Morgan fingerprint density at radius 2 is 1.96 bits per heavy atom. The predicted molar refractivity (Wildman–Crippen MR) is 85.1 cm³/mol. The molecule has 7 nitrogen and oxygen atoms in total. The van der Waals surface area contributed by atoms with E-state index in [-0.39, 0.29) is 30.2 Å². The van der Waals surface area contributed by atoms with Crippen molar-refractivity contribution in [1.29, 1.82) is 0 Å². The van der Waals surface area contributed by atoms with Crippen LogP contribution in [0.4, 0.5) is 24.8 Å². The number of carboxylic acid groups (broad SMARTS) is 1. The first-order valence-electron chi connectivity index (χ1n) is 8.59. The van der Waals surface area contributed by atoms with Crippen molar-refractivity contribution in [2.75, 3.05) is 29.4 Å². The summed E-state index contributed by atoms with van der Waals surface area (Å²) in [6, 6.07) is 1.20. The number of nitrogens with zero attached hydrogens (tertiary/aromatic N) is 4. The molecule has 3 fully saturated rings. The van der Waals surface area contributed by atoms with Crippen molar-refractivity contribution < 1.29 is 27.8 Å². The molecule has 2 aliphatic heterocycles. The summed E-state index contributed by atoms with van der Waals surface area (Å²) in [7, 11) is 0. The molecule has 0 aromatic carbocycles. The molecule has 1 saturated carbocycles. The highest BCUT2D eigenvalue weighted by Crippen LogP contribution is 2.54. The molecule has 1 aliphatic carbocycles. The summed E-state index contributed by atoms with van der Waals surface area (Å²) in [4.78, 5) is 22.5. The van der Waals surface area contributed by atoms with Crippen LogP contribution in [0.25, 0.3) is 0 Å². The molecule has 3 heterocycles. The molecule has 142 valence electrons. The molecule has 0 radical (unpaired) electrons. The van der Waals surface area contributed by atoms with Gasteiger partial charge in [0.25, 0.3) is 0 Å². The van der Waals surface area contributed by atoms with E-state index in [1.807, 2.05) is 16.7 Å². The molecular formula is C16H19F3N4O3. The zero-order valence-electron chi connectivity index (χ0n) is 14.1. The Morgan fingerprint density at radius 3 is 2.46 bits per heavy atom. The van der Waals surface area contributed by atoms with Crippen molar-refractivity contribution in [2.24, 2.45) is 17.8 Å². The number of carboxylic acids is 1. The molecule has 2 unspecified atom stereocenters. The van der Waals surface area contributed by atoms with Crippen LogP contribution < -0.4 is 14.5 Å². The Hall–Kier alpha value is -2.26. The van der Waals surface area contributed by atoms with Crippen molar-refractivity contribution in [3.63, 3.8) is 0 Å². The Labute approximate surface area is 147 Å². The van der Waals surface area contributed by atoms with Crippen LogP contribution in [-0.4, -0.2) is 53.1 Å². The Morgan fingerprint density at radius 1 is 1.31 bits per heavy atom. The van der Waals surface area contributed by atoms with E-state index in [0.717, 1.165) is 13.0 Å². The lowest BCUT2D eigenvalue weighted by Gasteiger charge is -2.40. The second kappa shape index (κ2) is 5.88. The molecule has 0 bridgehead atoms. The van der Waals surface area contributed by atoms with Gasteiger partial charge in [0.2, 0.25) is 0 Å². The maximum Gasteiger partial charge on any atom is 0.575 e. The van der Waals surface area contributed by atoms with Crippen LogP contribution in [0.1, 0.15) is 19.8 Å². The first kappa shape index (κ1) is 17.2. The minimum Gasteiger partial charge on any atom is -0.481 e. The van der Waals surface area contributed by atoms with Gasteiger partial charge in [-0.25, -0.2) is 0 Å². The number of hydrogen-bond donors (Lipinski definition) is 1. The highest BCUT2D eigenvalue weighted by molar-refractivity contribution is 5.68. The lowest BCUT2D eigenvalue weighted by Crippen LogP contribution is -2.46. The van der Waals surface area contributed by atoms with Crippen molar-refractivity contribution >= 4 is 17.6 Å². The number of aliphatic carboxylic acids is 1. The van der Waals surface area contributed by atoms with Crippen molar-refractivity contribution in [3.8, 4) is 6.01 Å². The molecule has 4 rings (SSSR count). The third-order valence-corrected chi connectivity index (χ3v) is 5.61. The van der Waals surface area contributed by atoms with E-state index in [0.29, 0.717) is 24.7 Å². The van der Waals surface area contributed by atoms with Crippen LogP contribution in [0.2, 0.25) is 0 Å². The fraction of sp³-hybridized carbons (Fsp3) is 0.688. The van der Waals surface area contributed by atoms with E-state index in [1.165, 1.54) is 0 Å². The summed E-state index contributed by atoms with van der Waals surface area (Å²) in [6.45, 7) is 3.91. The van der Waals surface area contributed by atoms with Gasteiger partial charge >= 0.3 is 18.3 Å². The number of piperidine rings is 1. The van der Waals surface area contributed by atoms with Crippen LogP contribution in [0, 0.1) is 17.8 Å². The summed E-state index contributed by atoms with van der Waals surface area (Å²) < 4.78 is 41.8. The topological polar surface area (TPSA) is 78.8 Å². The van der Waals surface area contributed by atoms with Crippen LogP contribution >= 0.6 is 0 Å². The van der Waals surface area contributed by atoms with Gasteiger partial charge < -0.3 is 19.6 Å². The third-order valence-electron chi connectivity index (χ3n) is 5.61. The number of halogens is 3. The quantitative estimate of drug-likeness (QED) is 0.848. The average molecular weight is 372 g/mol. The van der Waals surface area contributed by atoms with E-state index in [1.54, 1.807) is 6.07 Å². The summed E-state index contributed by atoms with van der Waals surface area (Å²) in [5, 5.41) is 8.90. The highest BCUT2D eigenvalue weighted by Gasteiger charge is 2.56. The van der Waals surface area contributed by atoms with Gasteiger partial charge in [-0.05, 0) is 31.1 Å². The molecule has 0 spiro atoms. The van der Waals surface area contributed by atoms with Gasteiger partial charge in [0.15, 0.2) is 0 Å². The van der Waals surface area contributed by atoms with Crippen LogP contribution in [-0.2, 0) is 4.79 Å². The molecule has 2 saturated heterocycles. The van der Waals surface area contributed by atoms with Gasteiger partial charge in [0.05, 0.1) is 0 Å². The number of hydrogen-bond acceptors (Lipinski definition) is 6. The second-order valence-electron chi connectivity index (χ2n) is 7.24. The van der Waals surface area contributed by atoms with Gasteiger partial charge in [-0.1, -0.05) is 0 Å². The minimum atomic E-state index is -4.85. The minimum absolute atomic E-state index is 0.145. The molecule has 1 aromatic heterocycles. The summed E-state index contributed by atoms with van der Waals surface area (Å²) in [6.07, 6.45) is -3.75.